The topological polar surface area (TPSA) is 178 Å². The fourth-order valence-corrected chi connectivity index (χ4v) is 12.3. The van der Waals surface area contributed by atoms with Gasteiger partial charge >= 0.3 is 0 Å². The van der Waals surface area contributed by atoms with Crippen LogP contribution in [0.15, 0.2) is 55.0 Å². The summed E-state index contributed by atoms with van der Waals surface area (Å²) in [5.41, 5.74) is 5.22. The number of nitrogens with one attached hydrogen (secondary N) is 3. The fourth-order valence-electron chi connectivity index (χ4n) is 10.9. The fraction of sp³-hybridized carbons (Fsp3) is 0.481. The largest absolute Gasteiger partial charge is 0.494 e. The molecule has 4 aliphatic rings. The first-order valence-corrected chi connectivity index (χ1v) is 27.5. The average molecular weight is 992 g/mol. The number of piperidine rings is 3. The predicted octanol–water partition coefficient (Wildman–Crippen LogP) is 7.62. The maximum atomic E-state index is 15.2. The molecule has 2 aromatic heterocycles. The van der Waals surface area contributed by atoms with Crippen LogP contribution in [-0.4, -0.2) is 133 Å². The Labute approximate surface area is 413 Å². The minimum atomic E-state index is -2.87. The Morgan fingerprint density at radius 3 is 2.23 bits per heavy atom. The summed E-state index contributed by atoms with van der Waals surface area (Å²) in [6.45, 7) is 15.5. The summed E-state index contributed by atoms with van der Waals surface area (Å²) >= 11 is 0. The minimum Gasteiger partial charge on any atom is -0.494 e. The maximum absolute atomic E-state index is 15.2. The number of rotatable bonds is 15. The van der Waals surface area contributed by atoms with Crippen LogP contribution in [0.3, 0.4) is 0 Å². The van der Waals surface area contributed by atoms with Crippen molar-refractivity contribution in [3.63, 3.8) is 0 Å². The summed E-state index contributed by atoms with van der Waals surface area (Å²) in [7, 11) is -1.22. The Balaban J connectivity index is 0.765. The van der Waals surface area contributed by atoms with Crippen molar-refractivity contribution >= 4 is 75.6 Å². The maximum Gasteiger partial charge on any atom is 0.234 e. The van der Waals surface area contributed by atoms with E-state index in [9.17, 15) is 18.9 Å². The average Bonchev–Trinajstić information content (AvgIpc) is 3.36. The number of methoxy groups -OCH3 is 1. The monoisotopic (exact) mass is 991 g/mol. The van der Waals surface area contributed by atoms with Gasteiger partial charge in [0.2, 0.25) is 17.8 Å². The number of nitrogens with zero attached hydrogens (tertiary/aromatic N) is 8. The first-order chi connectivity index (χ1) is 34.2. The molecule has 3 aromatic carbocycles. The molecule has 0 bridgehead atoms. The van der Waals surface area contributed by atoms with Crippen LogP contribution >= 0.6 is 7.14 Å². The third kappa shape index (κ3) is 11.0. The second kappa shape index (κ2) is 21.3. The molecule has 0 spiro atoms. The highest BCUT2D eigenvalue weighted by Crippen LogP contribution is 2.42. The molecule has 5 aromatic rings. The first-order valence-electron chi connectivity index (χ1n) is 24.9. The van der Waals surface area contributed by atoms with E-state index in [2.05, 4.69) is 64.7 Å². The van der Waals surface area contributed by atoms with Crippen LogP contribution in [0.1, 0.15) is 86.2 Å². The number of amides is 2. The Morgan fingerprint density at radius 2 is 1.56 bits per heavy atom. The third-order valence-corrected chi connectivity index (χ3v) is 16.3. The van der Waals surface area contributed by atoms with Gasteiger partial charge in [-0.1, -0.05) is 6.92 Å². The number of aryl methyl sites for hydroxylation is 1. The van der Waals surface area contributed by atoms with Crippen LogP contribution in [0.4, 0.5) is 43.3 Å². The number of aromatic nitrogens is 4. The van der Waals surface area contributed by atoms with E-state index < -0.39 is 36.5 Å². The van der Waals surface area contributed by atoms with Crippen molar-refractivity contribution < 1.29 is 32.5 Å². The zero-order valence-corrected chi connectivity index (χ0v) is 42.2. The van der Waals surface area contributed by atoms with Crippen molar-refractivity contribution in [3.05, 3.63) is 83.3 Å². The van der Waals surface area contributed by atoms with Gasteiger partial charge in [-0.25, -0.2) is 13.8 Å². The summed E-state index contributed by atoms with van der Waals surface area (Å²) in [5, 5.41) is 9.37. The van der Waals surface area contributed by atoms with E-state index in [-0.39, 0.29) is 41.5 Å². The predicted molar refractivity (Wildman–Crippen MR) is 274 cm³/mol. The van der Waals surface area contributed by atoms with Crippen molar-refractivity contribution in [1.29, 1.82) is 0 Å². The number of fused-ring (bicyclic) bond motifs is 1. The molecule has 16 nitrogen and oxygen atoms in total. The molecule has 0 radical (unpaired) electrons. The van der Waals surface area contributed by atoms with Gasteiger partial charge in [0.15, 0.2) is 5.78 Å². The lowest BCUT2D eigenvalue weighted by Gasteiger charge is -2.44. The van der Waals surface area contributed by atoms with E-state index in [4.69, 9.17) is 9.72 Å². The number of hydrogen-bond acceptors (Lipinski definition) is 15. The molecule has 4 fully saturated rings. The highest BCUT2D eigenvalue weighted by Gasteiger charge is 2.34. The minimum absolute atomic E-state index is 0.0655. The highest BCUT2D eigenvalue weighted by molar-refractivity contribution is 7.71. The second-order valence-electron chi connectivity index (χ2n) is 19.7. The highest BCUT2D eigenvalue weighted by atomic mass is 31.2. The number of carbonyl (C=O) groups is 3. The van der Waals surface area contributed by atoms with Crippen LogP contribution in [0.5, 0.6) is 5.75 Å². The lowest BCUT2D eigenvalue weighted by Crippen LogP contribution is -2.53. The number of piperazine rings is 1. The van der Waals surface area contributed by atoms with Crippen molar-refractivity contribution in [2.24, 2.45) is 5.92 Å². The van der Waals surface area contributed by atoms with E-state index in [0.29, 0.717) is 51.1 Å². The standard InChI is InChI=1S/C52H64F2N11O5P/c1-6-34-27-43(59-52-57-31-38(32(2)66)50(61-52)58-42-9-8-41-48(56-17-16-55-41)49(42)71(4,5)69)45(70-3)30-44(34)65-21-14-35(15-22-65)64-25-23-62(24-26-64)18-11-33-12-19-63(20-13-33)36-28-39(53)47(40(54)29-36)37-7-10-46(67)60-51(37)68/h8-9,16-17,27-31,33,35,37H,6-7,10-15,18-26H2,1-5H3,(H,60,67,68)(H2,57,58,59,61). The van der Waals surface area contributed by atoms with Crippen LogP contribution in [0.25, 0.3) is 11.0 Å². The molecule has 1 atom stereocenters. The summed E-state index contributed by atoms with van der Waals surface area (Å²) in [6, 6.07) is 11.0. The normalized spacial score (nSPS) is 19.0. The lowest BCUT2D eigenvalue weighted by molar-refractivity contribution is -0.134. The van der Waals surface area contributed by atoms with Gasteiger partial charge in [0.1, 0.15) is 35.9 Å². The van der Waals surface area contributed by atoms with Crippen molar-refractivity contribution in [3.8, 4) is 5.75 Å². The van der Waals surface area contributed by atoms with Gasteiger partial charge < -0.3 is 34.6 Å². The number of halogens is 2. The molecule has 4 aliphatic heterocycles. The zero-order chi connectivity index (χ0) is 50.0. The molecule has 2 amide bonds. The van der Waals surface area contributed by atoms with E-state index in [1.165, 1.54) is 25.3 Å². The lowest BCUT2D eigenvalue weighted by atomic mass is 9.89. The molecule has 9 rings (SSSR count). The van der Waals surface area contributed by atoms with Crippen molar-refractivity contribution in [2.45, 2.75) is 77.2 Å². The Kier molecular flexibility index (Phi) is 15.0. The molecule has 3 N–H and O–H groups in total. The smallest absolute Gasteiger partial charge is 0.234 e. The van der Waals surface area contributed by atoms with Crippen LogP contribution in [0.2, 0.25) is 0 Å². The van der Waals surface area contributed by atoms with E-state index >= 15 is 8.78 Å². The summed E-state index contributed by atoms with van der Waals surface area (Å²) in [5.74, 6) is -2.02. The number of anilines is 6. The summed E-state index contributed by atoms with van der Waals surface area (Å²) < 4.78 is 50.1. The Morgan fingerprint density at radius 1 is 0.859 bits per heavy atom. The van der Waals surface area contributed by atoms with E-state index in [1.54, 1.807) is 45.0 Å². The van der Waals surface area contributed by atoms with Crippen molar-refractivity contribution in [2.75, 3.05) is 99.8 Å². The Hall–Kier alpha value is -6.10. The molecule has 1 unspecified atom stereocenters. The first kappa shape index (κ1) is 49.9. The molecule has 376 valence electrons. The molecule has 19 heteroatoms. The van der Waals surface area contributed by atoms with Gasteiger partial charge in [-0.3, -0.25) is 34.6 Å². The molecule has 0 aliphatic carbocycles. The number of hydrogen-bond donors (Lipinski definition) is 3. The third-order valence-electron chi connectivity index (χ3n) is 14.8. The molecular formula is C52H64F2N11O5P. The SMILES string of the molecule is CCc1cc(Nc2ncc(C(C)=O)c(Nc3ccc4nccnc4c3P(C)(C)=O)n2)c(OC)cc1N1CCC(N2CCN(CCC3CCN(c4cc(F)c(C5CCC(=O)NC5=O)c(F)c4)CC3)CC2)CC1. The van der Waals surface area contributed by atoms with Gasteiger partial charge in [-0.05, 0) is 114 Å². The number of imide groups is 1. The molecule has 71 heavy (non-hydrogen) atoms. The van der Waals surface area contributed by atoms with Gasteiger partial charge in [-0.15, -0.1) is 0 Å². The van der Waals surface area contributed by atoms with Gasteiger partial charge in [-0.2, -0.15) is 4.98 Å². The molecule has 4 saturated heterocycles. The van der Waals surface area contributed by atoms with Crippen LogP contribution < -0.4 is 35.8 Å². The number of ether oxygens (including phenoxy) is 1. The number of Topliss-reactive ketones (excluding diaryl/α,β-unsaturated/α-hetero) is 1. The van der Waals surface area contributed by atoms with E-state index in [1.807, 2.05) is 4.90 Å². The summed E-state index contributed by atoms with van der Waals surface area (Å²) in [4.78, 5) is 64.6. The van der Waals surface area contributed by atoms with Gasteiger partial charge in [0.05, 0.1) is 40.8 Å². The summed E-state index contributed by atoms with van der Waals surface area (Å²) in [6.07, 6.45) is 10.8. The van der Waals surface area contributed by atoms with Crippen molar-refractivity contribution in [1.82, 2.24) is 35.1 Å². The zero-order valence-electron chi connectivity index (χ0n) is 41.3. The van der Waals surface area contributed by atoms with Gasteiger partial charge in [0, 0.05) is 106 Å². The number of benzene rings is 3. The molecule has 6 heterocycles. The number of carbonyl (C=O) groups excluding carboxylic acids is 3. The molecular weight excluding hydrogens is 928 g/mol. The second-order valence-corrected chi connectivity index (χ2v) is 22.8. The van der Waals surface area contributed by atoms with Crippen LogP contribution in [0, 0.1) is 17.6 Å². The molecule has 0 saturated carbocycles. The Bertz CT molecular complexity index is 2840. The van der Waals surface area contributed by atoms with E-state index in [0.717, 1.165) is 109 Å². The van der Waals surface area contributed by atoms with Gasteiger partial charge in [0.25, 0.3) is 0 Å². The van der Waals surface area contributed by atoms with Crippen LogP contribution in [-0.2, 0) is 20.6 Å². The quantitative estimate of drug-likeness (QED) is 0.0530. The number of ketones is 1.